The molecular formula is C26H38N4O3S. The number of nitrogens with one attached hydrogen (secondary N) is 1. The molecule has 186 valence electrons. The van der Waals surface area contributed by atoms with Gasteiger partial charge in [0.25, 0.3) is 5.56 Å². The van der Waals surface area contributed by atoms with Crippen LogP contribution < -0.4 is 10.9 Å². The molecule has 1 fully saturated rings. The summed E-state index contributed by atoms with van der Waals surface area (Å²) in [5.41, 5.74) is 2.25. The molecular weight excluding hydrogens is 448 g/mol. The molecule has 1 aromatic heterocycles. The lowest BCUT2D eigenvalue weighted by Gasteiger charge is -2.20. The minimum atomic E-state index is -0.285. The Morgan fingerprint density at radius 2 is 1.97 bits per heavy atom. The van der Waals surface area contributed by atoms with Crippen molar-refractivity contribution in [1.82, 2.24) is 19.8 Å². The Kier molecular flexibility index (Phi) is 10.6. The van der Waals surface area contributed by atoms with Gasteiger partial charge in [-0.1, -0.05) is 61.9 Å². The van der Waals surface area contributed by atoms with Gasteiger partial charge in [0.05, 0.1) is 17.6 Å². The van der Waals surface area contributed by atoms with Crippen molar-refractivity contribution in [2.75, 3.05) is 33.3 Å². The molecule has 2 aromatic rings. The molecule has 0 aliphatic carbocycles. The third-order valence-corrected chi connectivity index (χ3v) is 7.53. The summed E-state index contributed by atoms with van der Waals surface area (Å²) in [6.07, 6.45) is 5.69. The second-order valence-electron chi connectivity index (χ2n) is 8.87. The van der Waals surface area contributed by atoms with E-state index in [0.29, 0.717) is 29.4 Å². The normalized spacial score (nSPS) is 14.9. The van der Waals surface area contributed by atoms with Crippen molar-refractivity contribution in [2.45, 2.75) is 62.5 Å². The number of likely N-dealkylation sites (tertiary alicyclic amines) is 1. The summed E-state index contributed by atoms with van der Waals surface area (Å²) < 4.78 is 6.95. The van der Waals surface area contributed by atoms with Gasteiger partial charge in [-0.3, -0.25) is 14.2 Å². The fourth-order valence-electron chi connectivity index (χ4n) is 4.23. The average molecular weight is 487 g/mol. The maximum absolute atomic E-state index is 13.3. The molecule has 1 N–H and O–H groups in total. The van der Waals surface area contributed by atoms with Crippen LogP contribution in [-0.4, -0.2) is 58.9 Å². The highest BCUT2D eigenvalue weighted by Gasteiger charge is 2.24. The monoisotopic (exact) mass is 486 g/mol. The highest BCUT2D eigenvalue weighted by atomic mass is 32.2. The van der Waals surface area contributed by atoms with Crippen LogP contribution in [-0.2, 0) is 29.6 Å². The van der Waals surface area contributed by atoms with Gasteiger partial charge < -0.3 is 15.0 Å². The Labute approximate surface area is 207 Å². The van der Waals surface area contributed by atoms with Gasteiger partial charge in [-0.15, -0.1) is 0 Å². The number of benzene rings is 1. The number of rotatable bonds is 13. The molecule has 1 aromatic carbocycles. The summed E-state index contributed by atoms with van der Waals surface area (Å²) in [7, 11) is 3.35. The summed E-state index contributed by atoms with van der Waals surface area (Å²) in [5, 5.41) is 3.39. The SMILES string of the molecule is CCCCC(Sc1nc(COC)c(Cc2ccccc2)c(=O)n1C)C(=O)NCCN1CCCC1. The number of amides is 1. The summed E-state index contributed by atoms with van der Waals surface area (Å²) in [5.74, 6) is 0.0218. The lowest BCUT2D eigenvalue weighted by atomic mass is 10.0. The minimum Gasteiger partial charge on any atom is -0.378 e. The molecule has 7 nitrogen and oxygen atoms in total. The molecule has 0 bridgehead atoms. The second-order valence-corrected chi connectivity index (χ2v) is 10.0. The van der Waals surface area contributed by atoms with E-state index in [4.69, 9.17) is 9.72 Å². The lowest BCUT2D eigenvalue weighted by Crippen LogP contribution is -2.38. The molecule has 1 atom stereocenters. The number of methoxy groups -OCH3 is 1. The van der Waals surface area contributed by atoms with Crippen LogP contribution in [0.3, 0.4) is 0 Å². The van der Waals surface area contributed by atoms with Gasteiger partial charge in [-0.25, -0.2) is 4.98 Å². The van der Waals surface area contributed by atoms with Crippen molar-refractivity contribution in [3.63, 3.8) is 0 Å². The van der Waals surface area contributed by atoms with E-state index < -0.39 is 0 Å². The van der Waals surface area contributed by atoms with Gasteiger partial charge in [0.1, 0.15) is 0 Å². The molecule has 1 unspecified atom stereocenters. The molecule has 0 spiro atoms. The molecule has 0 saturated carbocycles. The standard InChI is InChI=1S/C26H38N4O3S/c1-4-5-13-23(24(31)27-14-17-30-15-9-10-16-30)34-26-28-22(19-33-3)21(25(32)29(26)2)18-20-11-7-6-8-12-20/h6-8,11-12,23H,4-5,9-10,13-19H2,1-3H3,(H,27,31). The number of nitrogens with zero attached hydrogens (tertiary/aromatic N) is 3. The van der Waals surface area contributed by atoms with Crippen LogP contribution in [0.2, 0.25) is 0 Å². The van der Waals surface area contributed by atoms with Crippen LogP contribution in [0.4, 0.5) is 0 Å². The Hall–Kier alpha value is -2.16. The Morgan fingerprint density at radius 3 is 2.65 bits per heavy atom. The maximum Gasteiger partial charge on any atom is 0.257 e. The van der Waals surface area contributed by atoms with Crippen LogP contribution >= 0.6 is 11.8 Å². The fraction of sp³-hybridized carbons (Fsp3) is 0.577. The predicted octanol–water partition coefficient (Wildman–Crippen LogP) is 3.38. The van der Waals surface area contributed by atoms with E-state index in [2.05, 4.69) is 17.1 Å². The third kappa shape index (κ3) is 7.42. The van der Waals surface area contributed by atoms with E-state index in [1.54, 1.807) is 18.7 Å². The largest absolute Gasteiger partial charge is 0.378 e. The number of unbranched alkanes of at least 4 members (excludes halogenated alkanes) is 1. The first-order chi connectivity index (χ1) is 16.5. The van der Waals surface area contributed by atoms with Crippen LogP contribution in [0.15, 0.2) is 40.3 Å². The average Bonchev–Trinajstić information content (AvgIpc) is 3.36. The Balaban J connectivity index is 1.77. The molecule has 0 radical (unpaired) electrons. The first-order valence-electron chi connectivity index (χ1n) is 12.3. The van der Waals surface area contributed by atoms with E-state index in [0.717, 1.165) is 44.5 Å². The van der Waals surface area contributed by atoms with E-state index in [-0.39, 0.29) is 23.3 Å². The molecule has 1 amide bonds. The summed E-state index contributed by atoms with van der Waals surface area (Å²) in [4.78, 5) is 33.6. The minimum absolute atomic E-state index is 0.0218. The van der Waals surface area contributed by atoms with Crippen molar-refractivity contribution >= 4 is 17.7 Å². The fourth-order valence-corrected chi connectivity index (χ4v) is 5.36. The number of ether oxygens (including phenoxy) is 1. The zero-order valence-corrected chi connectivity index (χ0v) is 21.5. The van der Waals surface area contributed by atoms with Crippen LogP contribution in [0.25, 0.3) is 0 Å². The van der Waals surface area contributed by atoms with Gasteiger partial charge in [0.15, 0.2) is 5.16 Å². The molecule has 34 heavy (non-hydrogen) atoms. The number of hydrogen-bond donors (Lipinski definition) is 1. The van der Waals surface area contributed by atoms with E-state index in [1.165, 1.54) is 24.6 Å². The second kappa shape index (κ2) is 13.7. The maximum atomic E-state index is 13.3. The molecule has 2 heterocycles. The zero-order valence-electron chi connectivity index (χ0n) is 20.7. The Bertz CT molecular complexity index is 974. The molecule has 1 aliphatic rings. The van der Waals surface area contributed by atoms with E-state index >= 15 is 0 Å². The summed E-state index contributed by atoms with van der Waals surface area (Å²) in [6, 6.07) is 9.91. The van der Waals surface area contributed by atoms with Gasteiger partial charge in [-0.2, -0.15) is 0 Å². The quantitative estimate of drug-likeness (QED) is 0.346. The van der Waals surface area contributed by atoms with Crippen molar-refractivity contribution in [1.29, 1.82) is 0 Å². The molecule has 8 heteroatoms. The lowest BCUT2D eigenvalue weighted by molar-refractivity contribution is -0.120. The summed E-state index contributed by atoms with van der Waals surface area (Å²) >= 11 is 1.39. The highest BCUT2D eigenvalue weighted by Crippen LogP contribution is 2.26. The van der Waals surface area contributed by atoms with Gasteiger partial charge in [-0.05, 0) is 37.9 Å². The van der Waals surface area contributed by atoms with Gasteiger partial charge >= 0.3 is 0 Å². The highest BCUT2D eigenvalue weighted by molar-refractivity contribution is 8.00. The third-order valence-electron chi connectivity index (χ3n) is 6.22. The predicted molar refractivity (Wildman–Crippen MR) is 137 cm³/mol. The van der Waals surface area contributed by atoms with Crippen LogP contribution in [0.1, 0.15) is 55.8 Å². The van der Waals surface area contributed by atoms with E-state index in [1.807, 2.05) is 30.3 Å². The first kappa shape index (κ1) is 26.4. The van der Waals surface area contributed by atoms with E-state index in [9.17, 15) is 9.59 Å². The van der Waals surface area contributed by atoms with Crippen LogP contribution in [0, 0.1) is 0 Å². The molecule has 3 rings (SSSR count). The number of thioether (sulfide) groups is 1. The smallest absolute Gasteiger partial charge is 0.257 e. The van der Waals surface area contributed by atoms with Crippen molar-refractivity contribution in [3.05, 3.63) is 57.5 Å². The van der Waals surface area contributed by atoms with Gasteiger partial charge in [0.2, 0.25) is 5.91 Å². The van der Waals surface area contributed by atoms with Crippen molar-refractivity contribution in [2.24, 2.45) is 7.05 Å². The molecule has 1 aliphatic heterocycles. The van der Waals surface area contributed by atoms with Gasteiger partial charge in [0, 0.05) is 39.2 Å². The number of carbonyl (C=O) groups excluding carboxylic acids is 1. The number of hydrogen-bond acceptors (Lipinski definition) is 6. The number of carbonyl (C=O) groups is 1. The van der Waals surface area contributed by atoms with Crippen molar-refractivity contribution < 1.29 is 9.53 Å². The van der Waals surface area contributed by atoms with Crippen molar-refractivity contribution in [3.8, 4) is 0 Å². The first-order valence-corrected chi connectivity index (χ1v) is 13.2. The van der Waals surface area contributed by atoms with Crippen LogP contribution in [0.5, 0.6) is 0 Å². The summed E-state index contributed by atoms with van der Waals surface area (Å²) in [6.45, 7) is 6.16. The number of aromatic nitrogens is 2. The topological polar surface area (TPSA) is 76.5 Å². The Morgan fingerprint density at radius 1 is 1.24 bits per heavy atom. The molecule has 1 saturated heterocycles. The zero-order chi connectivity index (χ0) is 24.3.